The molecule has 0 aromatic heterocycles. The molecule has 0 bridgehead atoms. The minimum Gasteiger partial charge on any atom is -0.462 e. The lowest BCUT2D eigenvalue weighted by Crippen LogP contribution is -2.29. The first-order chi connectivity index (χ1) is 24.1. The average molecular weight is 717 g/mol. The van der Waals surface area contributed by atoms with Crippen LogP contribution in [-0.2, 0) is 32.6 Å². The number of carbonyl (C=O) groups is 2. The second kappa shape index (κ2) is 40.0. The second-order valence-electron chi connectivity index (χ2n) is 14.1. The molecule has 0 amide bonds. The normalized spacial score (nSPS) is 12.1. The van der Waals surface area contributed by atoms with Gasteiger partial charge in [-0.25, -0.2) is 0 Å². The average Bonchev–Trinajstić information content (AvgIpc) is 3.10. The summed E-state index contributed by atoms with van der Waals surface area (Å²) in [6.45, 7) is 4.59. The van der Waals surface area contributed by atoms with Crippen LogP contribution in [0.15, 0.2) is 0 Å². The van der Waals surface area contributed by atoms with E-state index >= 15 is 0 Å². The Kier molecular flexibility index (Phi) is 39.4. The summed E-state index contributed by atoms with van der Waals surface area (Å²) < 4.78 is 27.0. The molecule has 8 heteroatoms. The lowest BCUT2D eigenvalue weighted by atomic mass is 10.0. The Morgan fingerprint density at radius 1 is 0.429 bits per heavy atom. The van der Waals surface area contributed by atoms with Crippen LogP contribution < -0.4 is 0 Å². The zero-order valence-corrected chi connectivity index (χ0v) is 33.8. The van der Waals surface area contributed by atoms with Gasteiger partial charge in [0.2, 0.25) is 0 Å². The van der Waals surface area contributed by atoms with Crippen molar-refractivity contribution in [1.82, 2.24) is 0 Å². The van der Waals surface area contributed by atoms with Gasteiger partial charge in [0.25, 0.3) is 0 Å². The predicted octanol–water partition coefficient (Wildman–Crippen LogP) is 13.5. The first kappa shape index (κ1) is 48.2. The summed E-state index contributed by atoms with van der Waals surface area (Å²) in [6, 6.07) is 0. The molecule has 0 aromatic rings. The lowest BCUT2D eigenvalue weighted by Gasteiger charge is -2.20. The van der Waals surface area contributed by atoms with Gasteiger partial charge in [-0.15, -0.1) is 0 Å². The number of esters is 2. The third kappa shape index (κ3) is 36.8. The van der Waals surface area contributed by atoms with Gasteiger partial charge in [-0.05, 0) is 12.8 Å². The molecule has 0 fully saturated rings. The largest absolute Gasteiger partial charge is 0.462 e. The van der Waals surface area contributed by atoms with Gasteiger partial charge in [0.05, 0.1) is 6.61 Å². The van der Waals surface area contributed by atoms with Gasteiger partial charge in [0.15, 0.2) is 6.10 Å². The Bertz CT molecular complexity index is 689. The van der Waals surface area contributed by atoms with Crippen LogP contribution in [0, 0.1) is 0 Å². The predicted molar refractivity (Wildman–Crippen MR) is 207 cm³/mol. The molecule has 0 aliphatic rings. The van der Waals surface area contributed by atoms with E-state index in [9.17, 15) is 9.59 Å². The van der Waals surface area contributed by atoms with Crippen LogP contribution in [0.5, 0.6) is 0 Å². The van der Waals surface area contributed by atoms with Crippen molar-refractivity contribution in [2.45, 2.75) is 225 Å². The van der Waals surface area contributed by atoms with E-state index in [1.807, 2.05) is 0 Å². The quantitative estimate of drug-likeness (QED) is 0.0355. The molecule has 7 nitrogen and oxygen atoms in total. The summed E-state index contributed by atoms with van der Waals surface area (Å²) in [7, 11) is 1.48. The van der Waals surface area contributed by atoms with E-state index < -0.39 is 14.7 Å². The minimum absolute atomic E-state index is 0.0151. The zero-order chi connectivity index (χ0) is 35.9. The summed E-state index contributed by atoms with van der Waals surface area (Å²) in [5.41, 5.74) is 0. The maximum atomic E-state index is 12.6. The molecule has 0 aliphatic carbocycles. The molecule has 0 heterocycles. The fourth-order valence-electron chi connectivity index (χ4n) is 6.22. The van der Waals surface area contributed by atoms with Crippen LogP contribution in [0.2, 0.25) is 0 Å². The van der Waals surface area contributed by atoms with E-state index in [1.54, 1.807) is 0 Å². The third-order valence-corrected chi connectivity index (χ3v) is 10.3. The van der Waals surface area contributed by atoms with Crippen LogP contribution in [-0.4, -0.2) is 45.5 Å². The third-order valence-electron chi connectivity index (χ3n) is 9.36. The smallest absolute Gasteiger partial charge is 0.332 e. The molecule has 0 aromatic carbocycles. The zero-order valence-electron chi connectivity index (χ0n) is 32.9. The second-order valence-corrected chi connectivity index (χ2v) is 15.5. The fourth-order valence-corrected chi connectivity index (χ4v) is 6.87. The number of hydrogen-bond donors (Lipinski definition) is 0. The lowest BCUT2D eigenvalue weighted by molar-refractivity contribution is -0.161. The van der Waals surface area contributed by atoms with Crippen LogP contribution in [0.4, 0.5) is 0 Å². The van der Waals surface area contributed by atoms with Crippen LogP contribution in [0.1, 0.15) is 219 Å². The highest BCUT2D eigenvalue weighted by atomic mass is 31.2. The van der Waals surface area contributed by atoms with Crippen molar-refractivity contribution in [2.75, 3.05) is 27.4 Å². The molecule has 0 saturated carbocycles. The summed E-state index contributed by atoms with van der Waals surface area (Å²) in [5.74, 6) is -0.528. The molecule has 0 unspecified atom stereocenters. The van der Waals surface area contributed by atoms with Crippen molar-refractivity contribution in [2.24, 2.45) is 0 Å². The molecule has 0 aliphatic heterocycles. The molecule has 0 N–H and O–H groups in total. The van der Waals surface area contributed by atoms with Crippen molar-refractivity contribution >= 4 is 20.5 Å². The van der Waals surface area contributed by atoms with Gasteiger partial charge >= 0.3 is 20.5 Å². The van der Waals surface area contributed by atoms with Crippen molar-refractivity contribution in [3.05, 3.63) is 0 Å². The fraction of sp³-hybridized carbons (Fsp3) is 0.951. The van der Waals surface area contributed by atoms with Crippen molar-refractivity contribution in [1.29, 1.82) is 0 Å². The van der Waals surface area contributed by atoms with E-state index in [0.29, 0.717) is 12.8 Å². The highest BCUT2D eigenvalue weighted by Gasteiger charge is 2.20. The Morgan fingerprint density at radius 2 is 0.735 bits per heavy atom. The molecule has 0 spiro atoms. The van der Waals surface area contributed by atoms with Gasteiger partial charge in [-0.2, -0.15) is 0 Å². The molecule has 0 rings (SSSR count). The van der Waals surface area contributed by atoms with Crippen molar-refractivity contribution in [3.8, 4) is 0 Å². The number of ether oxygens (including phenoxy) is 2. The van der Waals surface area contributed by atoms with Gasteiger partial charge < -0.3 is 23.0 Å². The topological polar surface area (TPSA) is 80.3 Å². The number of rotatable bonds is 40. The summed E-state index contributed by atoms with van der Waals surface area (Å²) in [6.07, 6.45) is 38.7. The molecule has 0 saturated heterocycles. The first-order valence-electron chi connectivity index (χ1n) is 20.9. The number of hydrogen-bond acceptors (Lipinski definition) is 7. The molecular formula is C41H81O7P. The maximum absolute atomic E-state index is 12.6. The molecule has 292 valence electrons. The summed E-state index contributed by atoms with van der Waals surface area (Å²) >= 11 is 0. The van der Waals surface area contributed by atoms with Crippen LogP contribution in [0.3, 0.4) is 0 Å². The maximum Gasteiger partial charge on any atom is 0.332 e. The molecular weight excluding hydrogens is 635 g/mol. The summed E-state index contributed by atoms with van der Waals surface area (Å²) in [4.78, 5) is 25.0. The van der Waals surface area contributed by atoms with Gasteiger partial charge in [0, 0.05) is 27.1 Å². The van der Waals surface area contributed by atoms with Crippen LogP contribution >= 0.6 is 8.60 Å². The van der Waals surface area contributed by atoms with Gasteiger partial charge in [-0.3, -0.25) is 9.59 Å². The van der Waals surface area contributed by atoms with E-state index in [0.717, 1.165) is 38.5 Å². The van der Waals surface area contributed by atoms with Crippen molar-refractivity contribution in [3.63, 3.8) is 0 Å². The Hall–Kier alpha value is -0.750. The number of carbonyl (C=O) groups excluding carboxylic acids is 2. The Morgan fingerprint density at radius 3 is 1.06 bits per heavy atom. The monoisotopic (exact) mass is 717 g/mol. The van der Waals surface area contributed by atoms with Crippen LogP contribution in [0.25, 0.3) is 0 Å². The van der Waals surface area contributed by atoms with E-state index in [1.165, 1.54) is 168 Å². The number of unbranched alkanes of at least 4 members (excludes halogenated alkanes) is 28. The summed E-state index contributed by atoms with van der Waals surface area (Å²) in [5, 5.41) is 0. The van der Waals surface area contributed by atoms with Gasteiger partial charge in [-0.1, -0.05) is 194 Å². The molecule has 49 heavy (non-hydrogen) atoms. The SMILES string of the molecule is CCCCCCCCCCCCCCCCCC(=O)OC[C@H](COP(OC)OC)OC(=O)CCCCCCCCCCCCCCCCC. The highest BCUT2D eigenvalue weighted by Crippen LogP contribution is 2.37. The molecule has 1 atom stereocenters. The van der Waals surface area contributed by atoms with E-state index in [2.05, 4.69) is 13.8 Å². The Balaban J connectivity index is 3.95. The Labute approximate surface area is 305 Å². The van der Waals surface area contributed by atoms with Crippen molar-refractivity contribution < 1.29 is 32.6 Å². The highest BCUT2D eigenvalue weighted by molar-refractivity contribution is 7.41. The van der Waals surface area contributed by atoms with E-state index in [-0.39, 0.29) is 25.2 Å². The van der Waals surface area contributed by atoms with Gasteiger partial charge in [0.1, 0.15) is 6.61 Å². The van der Waals surface area contributed by atoms with E-state index in [4.69, 9.17) is 23.0 Å². The first-order valence-corrected chi connectivity index (χ1v) is 22.0. The minimum atomic E-state index is -1.53. The molecule has 0 radical (unpaired) electrons. The standard InChI is InChI=1S/C41H81O7P/c1-5-7-9-11-13-15-17-19-21-23-25-27-29-31-33-35-40(42)46-37-39(38-47-49(44-3)45-4)48-41(43)36-34-32-30-28-26-24-22-20-18-16-14-12-10-8-6-2/h39H,5-38H2,1-4H3/t39-/m1/s1.